The number of oxime groups is 1. The number of β-lactam (4-membered cyclic amide) rings is 1. The fraction of sp³-hybridized carbons (Fsp3) is 0.409. The van der Waals surface area contributed by atoms with E-state index >= 15 is 0 Å². The van der Waals surface area contributed by atoms with Crippen molar-refractivity contribution in [2.45, 2.75) is 36.7 Å². The standard InChI is InChI=1S/C22H22N6O8S2/c23-22-24-12(8-38-22)14(26-36-6-13(29)30)17(31)25-15-19(33)28-16(21(34)35)10(7-37-20(15)28)5-9-3-4-27(18(9)32)11-1-2-11/h5,8,11,15,20H,1-4,6-7H2,(H2,23,24)(H,25,31)(H,29,30)(H,34,35). The molecule has 2 saturated heterocycles. The lowest BCUT2D eigenvalue weighted by Crippen LogP contribution is -2.71. The van der Waals surface area contributed by atoms with Crippen LogP contribution in [0.5, 0.6) is 0 Å². The molecule has 1 aromatic heterocycles. The molecule has 0 radical (unpaired) electrons. The fourth-order valence-electron chi connectivity index (χ4n) is 4.43. The highest BCUT2D eigenvalue weighted by Crippen LogP contribution is 2.41. The van der Waals surface area contributed by atoms with Crippen LogP contribution in [0, 0.1) is 0 Å². The van der Waals surface area contributed by atoms with Gasteiger partial charge in [0, 0.05) is 29.3 Å². The number of thiazole rings is 1. The number of hydrogen-bond acceptors (Lipinski definition) is 11. The Hall–Kier alpha value is -3.92. The summed E-state index contributed by atoms with van der Waals surface area (Å²) in [5.41, 5.74) is 5.92. The highest BCUT2D eigenvalue weighted by molar-refractivity contribution is 8.00. The number of aromatic nitrogens is 1. The Bertz CT molecular complexity index is 1330. The van der Waals surface area contributed by atoms with Gasteiger partial charge in [-0.15, -0.1) is 23.1 Å². The number of nitrogens with one attached hydrogen (secondary N) is 1. The predicted octanol–water partition coefficient (Wildman–Crippen LogP) is -0.410. The minimum Gasteiger partial charge on any atom is -0.479 e. The Kier molecular flexibility index (Phi) is 6.83. The third kappa shape index (κ3) is 4.83. The molecule has 4 aliphatic rings. The molecule has 0 bridgehead atoms. The van der Waals surface area contributed by atoms with E-state index in [1.807, 2.05) is 0 Å². The SMILES string of the molecule is Nc1nc(C(=NOCC(=O)O)C(=O)NC2C(=O)N3C(C(=O)O)=C(C=C4CCN(C5CC5)C4=O)CSC23)cs1. The van der Waals surface area contributed by atoms with Crippen molar-refractivity contribution >= 4 is 63.6 Å². The summed E-state index contributed by atoms with van der Waals surface area (Å²) >= 11 is 2.27. The molecule has 5 rings (SSSR count). The van der Waals surface area contributed by atoms with Crippen LogP contribution in [-0.4, -0.2) is 96.7 Å². The van der Waals surface area contributed by atoms with Crippen molar-refractivity contribution in [1.29, 1.82) is 0 Å². The highest BCUT2D eigenvalue weighted by atomic mass is 32.2. The normalized spacial score (nSPS) is 24.4. The van der Waals surface area contributed by atoms with Gasteiger partial charge >= 0.3 is 11.9 Å². The van der Waals surface area contributed by atoms with Gasteiger partial charge in [0.1, 0.15) is 22.8 Å². The van der Waals surface area contributed by atoms with E-state index in [9.17, 15) is 29.1 Å². The molecule has 1 saturated carbocycles. The molecule has 200 valence electrons. The number of fused-ring (bicyclic) bond motifs is 1. The number of hydrogen-bond donors (Lipinski definition) is 4. The molecule has 3 amide bonds. The van der Waals surface area contributed by atoms with Crippen LogP contribution in [0.4, 0.5) is 5.13 Å². The monoisotopic (exact) mass is 562 g/mol. The smallest absolute Gasteiger partial charge is 0.352 e. The van der Waals surface area contributed by atoms with Crippen LogP contribution in [0.25, 0.3) is 0 Å². The van der Waals surface area contributed by atoms with Gasteiger partial charge in [0.2, 0.25) is 12.5 Å². The number of carbonyl (C=O) groups excluding carboxylic acids is 3. The largest absolute Gasteiger partial charge is 0.479 e. The van der Waals surface area contributed by atoms with Gasteiger partial charge in [0.15, 0.2) is 10.8 Å². The van der Waals surface area contributed by atoms with Gasteiger partial charge in [-0.05, 0) is 30.9 Å². The first-order valence-electron chi connectivity index (χ1n) is 11.5. The van der Waals surface area contributed by atoms with Crippen molar-refractivity contribution in [1.82, 2.24) is 20.1 Å². The number of carbonyl (C=O) groups is 5. The molecule has 3 aliphatic heterocycles. The first-order chi connectivity index (χ1) is 18.2. The van der Waals surface area contributed by atoms with Crippen LogP contribution in [-0.2, 0) is 28.8 Å². The number of nitrogen functional groups attached to an aromatic ring is 1. The van der Waals surface area contributed by atoms with E-state index in [4.69, 9.17) is 15.7 Å². The second-order valence-electron chi connectivity index (χ2n) is 8.87. The van der Waals surface area contributed by atoms with Crippen molar-refractivity contribution < 1.29 is 39.0 Å². The van der Waals surface area contributed by atoms with Gasteiger partial charge < -0.3 is 31.0 Å². The summed E-state index contributed by atoms with van der Waals surface area (Å²) in [5, 5.41) is 25.6. The van der Waals surface area contributed by atoms with Gasteiger partial charge in [0.05, 0.1) is 0 Å². The molecule has 5 N–H and O–H groups in total. The van der Waals surface area contributed by atoms with Crippen LogP contribution >= 0.6 is 23.1 Å². The average molecular weight is 563 g/mol. The first-order valence-corrected chi connectivity index (χ1v) is 13.4. The van der Waals surface area contributed by atoms with Crippen molar-refractivity contribution in [2.75, 3.05) is 24.6 Å². The summed E-state index contributed by atoms with van der Waals surface area (Å²) in [6.07, 6.45) is 4.04. The molecule has 0 aromatic carbocycles. The number of amides is 3. The minimum absolute atomic E-state index is 0.0248. The van der Waals surface area contributed by atoms with Crippen LogP contribution in [0.3, 0.4) is 0 Å². The summed E-state index contributed by atoms with van der Waals surface area (Å²) in [5.74, 6) is -4.03. The highest BCUT2D eigenvalue weighted by Gasteiger charge is 2.54. The molecule has 0 spiro atoms. The van der Waals surface area contributed by atoms with Gasteiger partial charge in [-0.1, -0.05) is 5.16 Å². The Balaban J connectivity index is 1.34. The molecule has 1 aromatic rings. The molecule has 1 aliphatic carbocycles. The van der Waals surface area contributed by atoms with Crippen LogP contribution in [0.1, 0.15) is 25.0 Å². The molecule has 14 nitrogen and oxygen atoms in total. The lowest BCUT2D eigenvalue weighted by atomic mass is 10.0. The van der Waals surface area contributed by atoms with Crippen LogP contribution < -0.4 is 11.1 Å². The molecule has 3 fully saturated rings. The van der Waals surface area contributed by atoms with Crippen molar-refractivity contribution in [2.24, 2.45) is 5.16 Å². The summed E-state index contributed by atoms with van der Waals surface area (Å²) in [7, 11) is 0. The van der Waals surface area contributed by atoms with Crippen molar-refractivity contribution in [3.8, 4) is 0 Å². The molecule has 16 heteroatoms. The molecule has 4 heterocycles. The van der Waals surface area contributed by atoms with Gasteiger partial charge in [-0.3, -0.25) is 19.3 Å². The number of likely N-dealkylation sites (tertiary alicyclic amines) is 1. The summed E-state index contributed by atoms with van der Waals surface area (Å²) in [6, 6.07) is -0.813. The Morgan fingerprint density at radius 3 is 2.68 bits per heavy atom. The van der Waals surface area contributed by atoms with Crippen LogP contribution in [0.15, 0.2) is 33.5 Å². The maximum Gasteiger partial charge on any atom is 0.352 e. The maximum absolute atomic E-state index is 13.0. The quantitative estimate of drug-likeness (QED) is 0.132. The number of nitrogens with two attached hydrogens (primary N) is 1. The lowest BCUT2D eigenvalue weighted by molar-refractivity contribution is -0.150. The van der Waals surface area contributed by atoms with E-state index in [1.165, 1.54) is 17.1 Å². The first kappa shape index (κ1) is 25.7. The second kappa shape index (κ2) is 10.1. The van der Waals surface area contributed by atoms with E-state index in [-0.39, 0.29) is 39.9 Å². The predicted molar refractivity (Wildman–Crippen MR) is 134 cm³/mol. The van der Waals surface area contributed by atoms with Crippen LogP contribution in [0.2, 0.25) is 0 Å². The number of carboxylic acids is 2. The maximum atomic E-state index is 13.0. The Labute approximate surface area is 223 Å². The lowest BCUT2D eigenvalue weighted by Gasteiger charge is -2.49. The number of carboxylic acid groups (broad SMARTS) is 2. The third-order valence-corrected chi connectivity index (χ3v) is 8.28. The number of aliphatic carboxylic acids is 2. The Morgan fingerprint density at radius 2 is 2.05 bits per heavy atom. The molecule has 2 unspecified atom stereocenters. The molecule has 38 heavy (non-hydrogen) atoms. The zero-order chi connectivity index (χ0) is 27.1. The summed E-state index contributed by atoms with van der Waals surface area (Å²) in [6.45, 7) is -0.209. The number of allylic oxidation sites excluding steroid dienone is 1. The van der Waals surface area contributed by atoms with Crippen molar-refractivity contribution in [3.05, 3.63) is 34.0 Å². The number of nitrogens with zero attached hydrogens (tertiary/aromatic N) is 4. The zero-order valence-electron chi connectivity index (χ0n) is 19.7. The fourth-order valence-corrected chi connectivity index (χ4v) is 6.28. The number of anilines is 1. The Morgan fingerprint density at radius 1 is 1.29 bits per heavy atom. The topological polar surface area (TPSA) is 205 Å². The molecular formula is C22H22N6O8S2. The summed E-state index contributed by atoms with van der Waals surface area (Å²) < 4.78 is 0. The number of thioether (sulfide) groups is 1. The second-order valence-corrected chi connectivity index (χ2v) is 10.9. The minimum atomic E-state index is -1.31. The van der Waals surface area contributed by atoms with E-state index in [0.29, 0.717) is 24.1 Å². The van der Waals surface area contributed by atoms with Crippen molar-refractivity contribution in [3.63, 3.8) is 0 Å². The molecule has 2 atom stereocenters. The van der Waals surface area contributed by atoms with E-state index in [1.54, 1.807) is 11.0 Å². The molecular weight excluding hydrogens is 540 g/mol. The van der Waals surface area contributed by atoms with E-state index < -0.39 is 41.8 Å². The van der Waals surface area contributed by atoms with Gasteiger partial charge in [-0.2, -0.15) is 0 Å². The summed E-state index contributed by atoms with van der Waals surface area (Å²) in [4.78, 5) is 73.2. The third-order valence-electron chi connectivity index (χ3n) is 6.30. The van der Waals surface area contributed by atoms with E-state index in [2.05, 4.69) is 15.5 Å². The number of rotatable bonds is 9. The average Bonchev–Trinajstić information content (AvgIpc) is 3.52. The van der Waals surface area contributed by atoms with E-state index in [0.717, 1.165) is 29.1 Å². The zero-order valence-corrected chi connectivity index (χ0v) is 21.3. The van der Waals surface area contributed by atoms with Gasteiger partial charge in [-0.25, -0.2) is 14.6 Å². The van der Waals surface area contributed by atoms with Gasteiger partial charge in [0.25, 0.3) is 11.8 Å².